The molecular weight excluding hydrogens is 646 g/mol. The number of hydrazone groups is 1. The number of ether oxygens (including phenoxy) is 5. The van der Waals surface area contributed by atoms with Gasteiger partial charge in [-0.15, -0.1) is 0 Å². The molecule has 1 amide bonds. The van der Waals surface area contributed by atoms with Gasteiger partial charge in [-0.2, -0.15) is 5.10 Å². The Morgan fingerprint density at radius 3 is 2.23 bits per heavy atom. The van der Waals surface area contributed by atoms with Crippen LogP contribution in [-0.2, 0) is 21.4 Å². The SMILES string of the molecule is CCOc1ccc(N(CC(=O)N/N=C\c2ccc(OCc3cccc(Cl)c3)c(OCC)c2)S(=O)(=O)c2ccc(OC)c(OC)c2)cc1. The molecule has 4 aromatic rings. The molecule has 0 bridgehead atoms. The fourth-order valence-corrected chi connectivity index (χ4v) is 6.07. The van der Waals surface area contributed by atoms with Gasteiger partial charge in [0.25, 0.3) is 15.9 Å². The third-order valence-corrected chi connectivity index (χ3v) is 8.62. The van der Waals surface area contributed by atoms with Crippen LogP contribution in [0.15, 0.2) is 94.9 Å². The zero-order valence-electron chi connectivity index (χ0n) is 26.4. The fraction of sp³-hybridized carbons (Fsp3) is 0.235. The number of anilines is 1. The summed E-state index contributed by atoms with van der Waals surface area (Å²) in [6.07, 6.45) is 1.42. The molecule has 0 aromatic heterocycles. The summed E-state index contributed by atoms with van der Waals surface area (Å²) in [5.74, 6) is 1.49. The number of amides is 1. The Labute approximate surface area is 279 Å². The van der Waals surface area contributed by atoms with Crippen molar-refractivity contribution < 1.29 is 36.9 Å². The molecule has 0 fully saturated rings. The van der Waals surface area contributed by atoms with Crippen LogP contribution >= 0.6 is 11.6 Å². The van der Waals surface area contributed by atoms with Gasteiger partial charge in [0, 0.05) is 11.1 Å². The van der Waals surface area contributed by atoms with Gasteiger partial charge >= 0.3 is 0 Å². The number of hydrogen-bond donors (Lipinski definition) is 1. The number of hydrogen-bond acceptors (Lipinski definition) is 9. The highest BCUT2D eigenvalue weighted by atomic mass is 35.5. The van der Waals surface area contributed by atoms with Crippen LogP contribution in [0, 0.1) is 0 Å². The molecule has 0 saturated carbocycles. The van der Waals surface area contributed by atoms with E-state index in [1.165, 1.54) is 38.6 Å². The number of halogens is 1. The van der Waals surface area contributed by atoms with Crippen LogP contribution in [0.5, 0.6) is 28.7 Å². The summed E-state index contributed by atoms with van der Waals surface area (Å²) in [5, 5.41) is 4.67. The average molecular weight is 682 g/mol. The zero-order chi connectivity index (χ0) is 33.8. The lowest BCUT2D eigenvalue weighted by Gasteiger charge is -2.24. The molecule has 0 heterocycles. The number of sulfonamides is 1. The van der Waals surface area contributed by atoms with E-state index in [0.717, 1.165) is 9.87 Å². The second kappa shape index (κ2) is 16.6. The zero-order valence-corrected chi connectivity index (χ0v) is 28.0. The second-order valence-electron chi connectivity index (χ2n) is 9.81. The largest absolute Gasteiger partial charge is 0.494 e. The number of nitrogens with one attached hydrogen (secondary N) is 1. The van der Waals surface area contributed by atoms with Crippen molar-refractivity contribution in [3.05, 3.63) is 101 Å². The van der Waals surface area contributed by atoms with E-state index in [-0.39, 0.29) is 16.3 Å². The van der Waals surface area contributed by atoms with Crippen LogP contribution in [0.3, 0.4) is 0 Å². The number of rotatable bonds is 16. The van der Waals surface area contributed by atoms with Crippen molar-refractivity contribution in [2.75, 3.05) is 38.3 Å². The van der Waals surface area contributed by atoms with Crippen molar-refractivity contribution in [1.82, 2.24) is 5.43 Å². The van der Waals surface area contributed by atoms with Gasteiger partial charge in [-0.1, -0.05) is 23.7 Å². The minimum atomic E-state index is -4.25. The topological polar surface area (TPSA) is 125 Å². The summed E-state index contributed by atoms with van der Waals surface area (Å²) in [5.41, 5.74) is 4.18. The third kappa shape index (κ3) is 9.30. The van der Waals surface area contributed by atoms with Crippen molar-refractivity contribution in [2.45, 2.75) is 25.3 Å². The smallest absolute Gasteiger partial charge is 0.264 e. The number of nitrogens with zero attached hydrogens (tertiary/aromatic N) is 2. The van der Waals surface area contributed by atoms with Crippen molar-refractivity contribution in [3.8, 4) is 28.7 Å². The molecule has 4 rings (SSSR count). The summed E-state index contributed by atoms with van der Waals surface area (Å²) in [4.78, 5) is 13.0. The van der Waals surface area contributed by atoms with Crippen molar-refractivity contribution in [3.63, 3.8) is 0 Å². The van der Waals surface area contributed by atoms with Gasteiger partial charge < -0.3 is 23.7 Å². The first-order valence-electron chi connectivity index (χ1n) is 14.6. The highest BCUT2D eigenvalue weighted by Crippen LogP contribution is 2.33. The molecule has 248 valence electrons. The Kier molecular flexibility index (Phi) is 12.3. The highest BCUT2D eigenvalue weighted by molar-refractivity contribution is 7.92. The van der Waals surface area contributed by atoms with Crippen LogP contribution in [-0.4, -0.2) is 54.5 Å². The first kappa shape index (κ1) is 34.9. The van der Waals surface area contributed by atoms with Crippen LogP contribution in [0.25, 0.3) is 0 Å². The summed E-state index contributed by atoms with van der Waals surface area (Å²) in [6.45, 7) is 4.27. The Balaban J connectivity index is 1.52. The van der Waals surface area contributed by atoms with E-state index in [2.05, 4.69) is 10.5 Å². The van der Waals surface area contributed by atoms with E-state index in [0.29, 0.717) is 53.4 Å². The van der Waals surface area contributed by atoms with Gasteiger partial charge in [0.1, 0.15) is 18.9 Å². The van der Waals surface area contributed by atoms with Gasteiger partial charge in [0.15, 0.2) is 23.0 Å². The molecule has 4 aromatic carbocycles. The molecule has 1 N–H and O–H groups in total. The third-order valence-electron chi connectivity index (χ3n) is 6.62. The molecule has 0 aliphatic rings. The van der Waals surface area contributed by atoms with E-state index < -0.39 is 22.5 Å². The Morgan fingerprint density at radius 1 is 0.830 bits per heavy atom. The number of benzene rings is 4. The predicted octanol–water partition coefficient (Wildman–Crippen LogP) is 6.08. The van der Waals surface area contributed by atoms with E-state index in [4.69, 9.17) is 35.3 Å². The molecule has 47 heavy (non-hydrogen) atoms. The lowest BCUT2D eigenvalue weighted by atomic mass is 10.2. The van der Waals surface area contributed by atoms with Gasteiger partial charge in [-0.3, -0.25) is 9.10 Å². The maximum Gasteiger partial charge on any atom is 0.264 e. The summed E-state index contributed by atoms with van der Waals surface area (Å²) in [6, 6.07) is 23.2. The fourth-order valence-electron chi connectivity index (χ4n) is 4.42. The van der Waals surface area contributed by atoms with Gasteiger partial charge in [-0.25, -0.2) is 13.8 Å². The summed E-state index contributed by atoms with van der Waals surface area (Å²) in [7, 11) is -1.39. The molecule has 11 nitrogen and oxygen atoms in total. The lowest BCUT2D eigenvalue weighted by Crippen LogP contribution is -2.39. The number of methoxy groups -OCH3 is 2. The van der Waals surface area contributed by atoms with Crippen LogP contribution in [0.4, 0.5) is 5.69 Å². The quantitative estimate of drug-likeness (QED) is 0.111. The predicted molar refractivity (Wildman–Crippen MR) is 181 cm³/mol. The van der Waals surface area contributed by atoms with Crippen molar-refractivity contribution in [1.29, 1.82) is 0 Å². The van der Waals surface area contributed by atoms with Gasteiger partial charge in [-0.05, 0) is 91.7 Å². The molecule has 0 aliphatic heterocycles. The number of carbonyl (C=O) groups is 1. The monoisotopic (exact) mass is 681 g/mol. The lowest BCUT2D eigenvalue weighted by molar-refractivity contribution is -0.119. The summed E-state index contributed by atoms with van der Waals surface area (Å²) < 4.78 is 56.5. The summed E-state index contributed by atoms with van der Waals surface area (Å²) >= 11 is 6.08. The minimum absolute atomic E-state index is 0.0959. The van der Waals surface area contributed by atoms with E-state index in [1.807, 2.05) is 32.0 Å². The molecule has 0 aliphatic carbocycles. The maximum absolute atomic E-state index is 13.9. The standard InChI is InChI=1S/C34H36ClN3O8S/c1-5-44-28-13-11-27(12-14-28)38(47(40,41)29-15-17-30(42-3)32(20-29)43-4)22-34(39)37-36-21-24-10-16-31(33(19-24)45-6-2)46-23-25-8-7-9-26(35)18-25/h7-21H,5-6,22-23H2,1-4H3,(H,37,39)/b36-21-. The van der Waals surface area contributed by atoms with Crippen LogP contribution in [0.1, 0.15) is 25.0 Å². The normalized spacial score (nSPS) is 11.2. The van der Waals surface area contributed by atoms with Crippen molar-refractivity contribution >= 4 is 39.4 Å². The molecule has 0 unspecified atom stereocenters. The first-order valence-corrected chi connectivity index (χ1v) is 16.4. The molecule has 0 atom stereocenters. The maximum atomic E-state index is 13.9. The second-order valence-corrected chi connectivity index (χ2v) is 12.1. The molecule has 0 spiro atoms. The van der Waals surface area contributed by atoms with E-state index >= 15 is 0 Å². The molecular formula is C34H36ClN3O8S. The minimum Gasteiger partial charge on any atom is -0.494 e. The Bertz CT molecular complexity index is 1800. The van der Waals surface area contributed by atoms with Crippen LogP contribution < -0.4 is 33.4 Å². The Hall–Kier alpha value is -4.94. The van der Waals surface area contributed by atoms with Crippen molar-refractivity contribution in [2.24, 2.45) is 5.10 Å². The molecule has 0 saturated heterocycles. The highest BCUT2D eigenvalue weighted by Gasteiger charge is 2.28. The molecule has 13 heteroatoms. The van der Waals surface area contributed by atoms with Gasteiger partial charge in [0.2, 0.25) is 0 Å². The Morgan fingerprint density at radius 2 is 1.55 bits per heavy atom. The molecule has 0 radical (unpaired) electrons. The first-order chi connectivity index (χ1) is 22.7. The number of carbonyl (C=O) groups excluding carboxylic acids is 1. The van der Waals surface area contributed by atoms with Crippen LogP contribution in [0.2, 0.25) is 5.02 Å². The van der Waals surface area contributed by atoms with E-state index in [1.54, 1.807) is 48.5 Å². The van der Waals surface area contributed by atoms with E-state index in [9.17, 15) is 13.2 Å². The average Bonchev–Trinajstić information content (AvgIpc) is 3.07. The van der Waals surface area contributed by atoms with Gasteiger partial charge in [0.05, 0.1) is 44.2 Å².